The largest absolute Gasteiger partial charge is 0.307 e. The van der Waals surface area contributed by atoms with Crippen LogP contribution in [0.3, 0.4) is 0 Å². The molecule has 1 N–H and O–H groups in total. The smallest absolute Gasteiger partial charge is 0.143 e. The summed E-state index contributed by atoms with van der Waals surface area (Å²) in [5, 5.41) is 4.03. The van der Waals surface area contributed by atoms with E-state index in [-0.39, 0.29) is 0 Å². The number of halogens is 2. The van der Waals surface area contributed by atoms with Crippen molar-refractivity contribution in [1.29, 1.82) is 0 Å². The van der Waals surface area contributed by atoms with Crippen molar-refractivity contribution in [3.63, 3.8) is 0 Å². The number of rotatable bonds is 3. The highest BCUT2D eigenvalue weighted by Gasteiger charge is 2.23. The lowest BCUT2D eigenvalue weighted by Crippen LogP contribution is -2.20. The van der Waals surface area contributed by atoms with Gasteiger partial charge in [0.1, 0.15) is 5.15 Å². The summed E-state index contributed by atoms with van der Waals surface area (Å²) in [7, 11) is 0. The van der Waals surface area contributed by atoms with E-state index in [9.17, 15) is 0 Å². The summed E-state index contributed by atoms with van der Waals surface area (Å²) in [5.41, 5.74) is 1.17. The van der Waals surface area contributed by atoms with Crippen molar-refractivity contribution in [3.05, 3.63) is 27.5 Å². The molecule has 2 nitrogen and oxygen atoms in total. The maximum atomic E-state index is 5.83. The molecule has 0 amide bonds. The van der Waals surface area contributed by atoms with Crippen molar-refractivity contribution in [2.75, 3.05) is 0 Å². The van der Waals surface area contributed by atoms with Crippen LogP contribution in [0.4, 0.5) is 0 Å². The van der Waals surface area contributed by atoms with Gasteiger partial charge in [0.25, 0.3) is 0 Å². The second-order valence-corrected chi connectivity index (χ2v) is 4.92. The van der Waals surface area contributed by atoms with Crippen LogP contribution in [-0.4, -0.2) is 11.0 Å². The zero-order valence-corrected chi connectivity index (χ0v) is 10.3. The minimum absolute atomic E-state index is 0.351. The lowest BCUT2D eigenvalue weighted by molar-refractivity contribution is 0.569. The zero-order chi connectivity index (χ0) is 10.1. The third kappa shape index (κ3) is 2.47. The van der Waals surface area contributed by atoms with E-state index in [1.165, 1.54) is 18.4 Å². The van der Waals surface area contributed by atoms with E-state index in [4.69, 9.17) is 11.6 Å². The van der Waals surface area contributed by atoms with Crippen molar-refractivity contribution >= 4 is 27.5 Å². The number of hydrogen-bond donors (Lipinski definition) is 1. The predicted molar refractivity (Wildman–Crippen MR) is 61.5 cm³/mol. The molecule has 1 fully saturated rings. The maximum absolute atomic E-state index is 5.83. The molecule has 1 aromatic heterocycles. The summed E-state index contributed by atoms with van der Waals surface area (Å²) < 4.78 is 0.862. The Hall–Kier alpha value is -0.120. The molecule has 1 aliphatic carbocycles. The highest BCUT2D eigenvalue weighted by Crippen LogP contribution is 2.27. The molecule has 14 heavy (non-hydrogen) atoms. The van der Waals surface area contributed by atoms with Crippen LogP contribution in [0.5, 0.6) is 0 Å². The first-order valence-corrected chi connectivity index (χ1v) is 5.91. The first-order valence-electron chi connectivity index (χ1n) is 4.74. The van der Waals surface area contributed by atoms with Gasteiger partial charge in [-0.3, -0.25) is 0 Å². The van der Waals surface area contributed by atoms with Crippen LogP contribution in [0.25, 0.3) is 0 Å². The molecule has 0 aromatic carbocycles. The normalized spacial score (nSPS) is 18.2. The molecule has 0 bridgehead atoms. The van der Waals surface area contributed by atoms with Gasteiger partial charge < -0.3 is 5.32 Å². The third-order valence-electron chi connectivity index (χ3n) is 2.38. The van der Waals surface area contributed by atoms with Gasteiger partial charge in [-0.05, 0) is 47.3 Å². The average Bonchev–Trinajstić information content (AvgIpc) is 2.93. The van der Waals surface area contributed by atoms with E-state index in [1.54, 1.807) is 0 Å². The van der Waals surface area contributed by atoms with E-state index in [0.717, 1.165) is 4.47 Å². The summed E-state index contributed by atoms with van der Waals surface area (Å²) in [4.78, 5) is 4.11. The Labute approximate surface area is 97.2 Å². The van der Waals surface area contributed by atoms with Crippen molar-refractivity contribution in [2.24, 2.45) is 0 Å². The molecule has 1 atom stereocenters. The number of aromatic nitrogens is 1. The number of nitrogens with zero attached hydrogens (tertiary/aromatic N) is 1. The fraction of sp³-hybridized carbons (Fsp3) is 0.500. The molecule has 1 heterocycles. The van der Waals surface area contributed by atoms with E-state index in [2.05, 4.69) is 33.2 Å². The number of pyridine rings is 1. The van der Waals surface area contributed by atoms with Crippen LogP contribution < -0.4 is 5.32 Å². The van der Waals surface area contributed by atoms with Gasteiger partial charge >= 0.3 is 0 Å². The Morgan fingerprint density at radius 3 is 2.93 bits per heavy atom. The molecule has 0 spiro atoms. The van der Waals surface area contributed by atoms with Crippen LogP contribution >= 0.6 is 27.5 Å². The minimum atomic E-state index is 0.351. The minimum Gasteiger partial charge on any atom is -0.307 e. The van der Waals surface area contributed by atoms with Gasteiger partial charge in [0.05, 0.1) is 4.47 Å². The van der Waals surface area contributed by atoms with Crippen LogP contribution in [0.1, 0.15) is 31.4 Å². The first kappa shape index (κ1) is 10.4. The molecule has 0 radical (unpaired) electrons. The van der Waals surface area contributed by atoms with Crippen LogP contribution in [-0.2, 0) is 0 Å². The van der Waals surface area contributed by atoms with Crippen molar-refractivity contribution in [2.45, 2.75) is 31.8 Å². The zero-order valence-electron chi connectivity index (χ0n) is 7.93. The van der Waals surface area contributed by atoms with E-state index < -0.39 is 0 Å². The Morgan fingerprint density at radius 1 is 1.64 bits per heavy atom. The Balaban J connectivity index is 2.10. The fourth-order valence-corrected chi connectivity index (χ4v) is 1.84. The highest BCUT2D eigenvalue weighted by molar-refractivity contribution is 9.10. The van der Waals surface area contributed by atoms with E-state index in [1.807, 2.05) is 12.3 Å². The van der Waals surface area contributed by atoms with Crippen molar-refractivity contribution < 1.29 is 0 Å². The van der Waals surface area contributed by atoms with Gasteiger partial charge in [0, 0.05) is 18.3 Å². The SMILES string of the molecule is CC(NC1CC1)c1cnc(Cl)c(Br)c1. The molecule has 1 aromatic rings. The van der Waals surface area contributed by atoms with Gasteiger partial charge in [-0.15, -0.1) is 0 Å². The Bertz CT molecular complexity index is 339. The second kappa shape index (κ2) is 4.17. The molecular formula is C10H12BrClN2. The molecule has 1 saturated carbocycles. The van der Waals surface area contributed by atoms with Gasteiger partial charge in [-0.2, -0.15) is 0 Å². The summed E-state index contributed by atoms with van der Waals surface area (Å²) in [5.74, 6) is 0. The molecule has 0 saturated heterocycles. The maximum Gasteiger partial charge on any atom is 0.143 e. The standard InChI is InChI=1S/C10H12BrClN2/c1-6(14-8-2-3-8)7-4-9(11)10(12)13-5-7/h4-6,8,14H,2-3H2,1H3. The number of hydrogen-bond acceptors (Lipinski definition) is 2. The molecule has 4 heteroatoms. The Morgan fingerprint density at radius 2 is 2.36 bits per heavy atom. The monoisotopic (exact) mass is 274 g/mol. The first-order chi connectivity index (χ1) is 6.66. The lowest BCUT2D eigenvalue weighted by atomic mass is 10.1. The van der Waals surface area contributed by atoms with Crippen LogP contribution in [0.15, 0.2) is 16.7 Å². The van der Waals surface area contributed by atoms with Gasteiger partial charge in [-0.1, -0.05) is 11.6 Å². The van der Waals surface area contributed by atoms with Crippen LogP contribution in [0.2, 0.25) is 5.15 Å². The average molecular weight is 276 g/mol. The fourth-order valence-electron chi connectivity index (χ4n) is 1.37. The molecule has 1 aliphatic rings. The highest BCUT2D eigenvalue weighted by atomic mass is 79.9. The summed E-state index contributed by atoms with van der Waals surface area (Å²) >= 11 is 9.20. The predicted octanol–water partition coefficient (Wildman–Crippen LogP) is 3.31. The molecule has 0 aliphatic heterocycles. The van der Waals surface area contributed by atoms with Crippen LogP contribution in [0, 0.1) is 0 Å². The van der Waals surface area contributed by atoms with E-state index in [0.29, 0.717) is 17.2 Å². The third-order valence-corrected chi connectivity index (χ3v) is 3.51. The lowest BCUT2D eigenvalue weighted by Gasteiger charge is -2.13. The molecule has 1 unspecified atom stereocenters. The molecule has 76 valence electrons. The molecular weight excluding hydrogens is 263 g/mol. The second-order valence-electron chi connectivity index (χ2n) is 3.70. The van der Waals surface area contributed by atoms with Crippen molar-refractivity contribution in [3.8, 4) is 0 Å². The topological polar surface area (TPSA) is 24.9 Å². The van der Waals surface area contributed by atoms with Gasteiger partial charge in [0.2, 0.25) is 0 Å². The summed E-state index contributed by atoms with van der Waals surface area (Å²) in [6.07, 6.45) is 4.42. The van der Waals surface area contributed by atoms with Gasteiger partial charge in [-0.25, -0.2) is 4.98 Å². The summed E-state index contributed by atoms with van der Waals surface area (Å²) in [6, 6.07) is 3.08. The van der Waals surface area contributed by atoms with Gasteiger partial charge in [0.15, 0.2) is 0 Å². The van der Waals surface area contributed by atoms with Crippen molar-refractivity contribution in [1.82, 2.24) is 10.3 Å². The molecule has 2 rings (SSSR count). The summed E-state index contributed by atoms with van der Waals surface area (Å²) in [6.45, 7) is 2.15. The quantitative estimate of drug-likeness (QED) is 0.856. The Kier molecular flexibility index (Phi) is 3.10. The number of nitrogens with one attached hydrogen (secondary N) is 1. The van der Waals surface area contributed by atoms with E-state index >= 15 is 0 Å².